The number of ether oxygens (including phenoxy) is 1. The Morgan fingerprint density at radius 3 is 2.27 bits per heavy atom. The summed E-state index contributed by atoms with van der Waals surface area (Å²) in [5.74, 6) is 0.962. The van der Waals surface area contributed by atoms with Crippen molar-refractivity contribution in [3.05, 3.63) is 59.2 Å². The van der Waals surface area contributed by atoms with Gasteiger partial charge in [-0.2, -0.15) is 0 Å². The van der Waals surface area contributed by atoms with Crippen LogP contribution in [0.3, 0.4) is 0 Å². The van der Waals surface area contributed by atoms with E-state index in [4.69, 9.17) is 4.74 Å². The van der Waals surface area contributed by atoms with Gasteiger partial charge in [0.1, 0.15) is 5.75 Å². The Balaban J connectivity index is 2.21. The number of rotatable bonds is 5. The van der Waals surface area contributed by atoms with Crippen LogP contribution < -0.4 is 10.1 Å². The molecule has 26 heavy (non-hydrogen) atoms. The van der Waals surface area contributed by atoms with Crippen LogP contribution in [0.4, 0.5) is 5.69 Å². The summed E-state index contributed by atoms with van der Waals surface area (Å²) in [6, 6.07) is 14.0. The first kappa shape index (κ1) is 20.0. The highest BCUT2D eigenvalue weighted by atomic mass is 16.5. The fraction of sp³-hybridized carbons (Fsp3) is 0.435. The van der Waals surface area contributed by atoms with Gasteiger partial charge in [0.2, 0.25) is 0 Å². The third-order valence-electron chi connectivity index (χ3n) is 4.54. The number of para-hydroxylation sites is 2. The Hall–Kier alpha value is -2.29. The van der Waals surface area contributed by atoms with Crippen molar-refractivity contribution in [2.75, 3.05) is 5.32 Å². The lowest BCUT2D eigenvalue weighted by atomic mass is 9.86. The van der Waals surface area contributed by atoms with Crippen molar-refractivity contribution in [1.29, 1.82) is 0 Å². The van der Waals surface area contributed by atoms with Crippen molar-refractivity contribution in [2.24, 2.45) is 0 Å². The van der Waals surface area contributed by atoms with E-state index < -0.39 is 6.10 Å². The Morgan fingerprint density at radius 2 is 1.65 bits per heavy atom. The van der Waals surface area contributed by atoms with Crippen LogP contribution in [0.15, 0.2) is 42.5 Å². The molecule has 0 aliphatic rings. The van der Waals surface area contributed by atoms with E-state index in [-0.39, 0.29) is 11.3 Å². The van der Waals surface area contributed by atoms with Gasteiger partial charge in [-0.3, -0.25) is 4.79 Å². The topological polar surface area (TPSA) is 38.3 Å². The molecule has 2 aromatic rings. The second kappa shape index (κ2) is 7.94. The van der Waals surface area contributed by atoms with Crippen molar-refractivity contribution >= 4 is 11.6 Å². The quantitative estimate of drug-likeness (QED) is 0.735. The number of anilines is 1. The number of benzene rings is 2. The number of hydrogen-bond donors (Lipinski definition) is 1. The van der Waals surface area contributed by atoms with Gasteiger partial charge < -0.3 is 10.1 Å². The predicted octanol–water partition coefficient (Wildman–Crippen LogP) is 5.82. The van der Waals surface area contributed by atoms with E-state index >= 15 is 0 Å². The Kier molecular flexibility index (Phi) is 6.12. The smallest absolute Gasteiger partial charge is 0.265 e. The van der Waals surface area contributed by atoms with Gasteiger partial charge >= 0.3 is 0 Å². The van der Waals surface area contributed by atoms with Crippen molar-refractivity contribution in [2.45, 2.75) is 65.9 Å². The summed E-state index contributed by atoms with van der Waals surface area (Å²) in [4.78, 5) is 12.8. The third kappa shape index (κ3) is 4.66. The van der Waals surface area contributed by atoms with Crippen LogP contribution in [0.25, 0.3) is 0 Å². The van der Waals surface area contributed by atoms with E-state index in [2.05, 4.69) is 52.1 Å². The molecule has 0 spiro atoms. The zero-order valence-corrected chi connectivity index (χ0v) is 17.0. The maximum atomic E-state index is 12.8. The average molecular weight is 354 g/mol. The minimum absolute atomic E-state index is 0.0480. The van der Waals surface area contributed by atoms with Gasteiger partial charge in [-0.15, -0.1) is 0 Å². The van der Waals surface area contributed by atoms with Gasteiger partial charge in [0, 0.05) is 5.69 Å². The SMILES string of the molecule is Cc1cccc(C(C)C)c1NC(=O)C(C)Oc1ccccc1C(C)(C)C. The summed E-state index contributed by atoms with van der Waals surface area (Å²) in [5.41, 5.74) is 4.14. The zero-order valence-electron chi connectivity index (χ0n) is 17.0. The molecule has 0 fully saturated rings. The van der Waals surface area contributed by atoms with Crippen molar-refractivity contribution in [1.82, 2.24) is 0 Å². The molecule has 0 radical (unpaired) electrons. The molecular weight excluding hydrogens is 322 g/mol. The minimum Gasteiger partial charge on any atom is -0.481 e. The van der Waals surface area contributed by atoms with E-state index in [9.17, 15) is 4.79 Å². The molecule has 3 heteroatoms. The third-order valence-corrected chi connectivity index (χ3v) is 4.54. The Morgan fingerprint density at radius 1 is 1.00 bits per heavy atom. The second-order valence-corrected chi connectivity index (χ2v) is 8.19. The van der Waals surface area contributed by atoms with Crippen LogP contribution in [0, 0.1) is 6.92 Å². The molecular formula is C23H31NO2. The number of hydrogen-bond acceptors (Lipinski definition) is 2. The molecule has 1 amide bonds. The lowest BCUT2D eigenvalue weighted by Gasteiger charge is -2.25. The fourth-order valence-electron chi connectivity index (χ4n) is 3.00. The van der Waals surface area contributed by atoms with Crippen molar-refractivity contribution in [3.8, 4) is 5.75 Å². The number of nitrogens with one attached hydrogen (secondary N) is 1. The summed E-state index contributed by atoms with van der Waals surface area (Å²) in [6.07, 6.45) is -0.585. The molecule has 0 bridgehead atoms. The second-order valence-electron chi connectivity index (χ2n) is 8.19. The highest BCUT2D eigenvalue weighted by molar-refractivity contribution is 5.95. The number of carbonyl (C=O) groups excluding carboxylic acids is 1. The molecule has 0 heterocycles. The Bertz CT molecular complexity index is 772. The van der Waals surface area contributed by atoms with E-state index in [1.165, 1.54) is 0 Å². The molecule has 3 nitrogen and oxygen atoms in total. The van der Waals surface area contributed by atoms with Crippen molar-refractivity contribution < 1.29 is 9.53 Å². The molecule has 1 atom stereocenters. The molecule has 1 N–H and O–H groups in total. The molecule has 0 aliphatic heterocycles. The van der Waals surface area contributed by atoms with Gasteiger partial charge in [0.25, 0.3) is 5.91 Å². The fourth-order valence-corrected chi connectivity index (χ4v) is 3.00. The molecule has 0 saturated heterocycles. The molecule has 140 valence electrons. The van der Waals surface area contributed by atoms with Gasteiger partial charge in [-0.25, -0.2) is 0 Å². The summed E-state index contributed by atoms with van der Waals surface area (Å²) in [6.45, 7) is 14.5. The predicted molar refractivity (Wildman–Crippen MR) is 109 cm³/mol. The van der Waals surface area contributed by atoms with Crippen LogP contribution >= 0.6 is 0 Å². The highest BCUT2D eigenvalue weighted by Gasteiger charge is 2.23. The summed E-state index contributed by atoms with van der Waals surface area (Å²) in [5, 5.41) is 3.07. The molecule has 2 rings (SSSR count). The maximum Gasteiger partial charge on any atom is 0.265 e. The molecule has 0 aromatic heterocycles. The number of aryl methyl sites for hydroxylation is 1. The van der Waals surface area contributed by atoms with Gasteiger partial charge in [0.15, 0.2) is 6.10 Å². The van der Waals surface area contributed by atoms with Crippen LogP contribution in [-0.4, -0.2) is 12.0 Å². The van der Waals surface area contributed by atoms with E-state index in [1.54, 1.807) is 6.92 Å². The lowest BCUT2D eigenvalue weighted by molar-refractivity contribution is -0.122. The normalized spacial score (nSPS) is 12.8. The molecule has 1 unspecified atom stereocenters. The largest absolute Gasteiger partial charge is 0.481 e. The van der Waals surface area contributed by atoms with Gasteiger partial charge in [0.05, 0.1) is 0 Å². The van der Waals surface area contributed by atoms with E-state index in [0.717, 1.165) is 28.1 Å². The maximum absolute atomic E-state index is 12.8. The molecule has 2 aromatic carbocycles. The monoisotopic (exact) mass is 353 g/mol. The van der Waals surface area contributed by atoms with Gasteiger partial charge in [-0.1, -0.05) is 71.0 Å². The Labute approximate surface area is 157 Å². The van der Waals surface area contributed by atoms with Crippen LogP contribution in [0.5, 0.6) is 5.75 Å². The van der Waals surface area contributed by atoms with E-state index in [0.29, 0.717) is 5.92 Å². The highest BCUT2D eigenvalue weighted by Crippen LogP contribution is 2.32. The van der Waals surface area contributed by atoms with Crippen LogP contribution in [-0.2, 0) is 10.2 Å². The lowest BCUT2D eigenvalue weighted by Crippen LogP contribution is -2.31. The average Bonchev–Trinajstić information content (AvgIpc) is 2.55. The standard InChI is InChI=1S/C23H31NO2/c1-15(2)18-12-10-11-16(3)21(18)24-22(25)17(4)26-20-14-9-8-13-19(20)23(5,6)7/h8-15,17H,1-7H3,(H,24,25). The first-order valence-electron chi connectivity index (χ1n) is 9.27. The molecule has 0 aliphatic carbocycles. The van der Waals surface area contributed by atoms with Gasteiger partial charge in [-0.05, 0) is 47.9 Å². The minimum atomic E-state index is -0.585. The summed E-state index contributed by atoms with van der Waals surface area (Å²) >= 11 is 0. The summed E-state index contributed by atoms with van der Waals surface area (Å²) in [7, 11) is 0. The zero-order chi connectivity index (χ0) is 19.5. The number of carbonyl (C=O) groups is 1. The first-order valence-corrected chi connectivity index (χ1v) is 9.27. The van der Waals surface area contributed by atoms with E-state index in [1.807, 2.05) is 37.3 Å². The summed E-state index contributed by atoms with van der Waals surface area (Å²) < 4.78 is 6.03. The molecule has 0 saturated carbocycles. The first-order chi connectivity index (χ1) is 12.1. The van der Waals surface area contributed by atoms with Crippen molar-refractivity contribution in [3.63, 3.8) is 0 Å². The van der Waals surface area contributed by atoms with Crippen LogP contribution in [0.2, 0.25) is 0 Å². The number of amides is 1. The van der Waals surface area contributed by atoms with Crippen LogP contribution in [0.1, 0.15) is 64.2 Å².